The van der Waals surface area contributed by atoms with E-state index < -0.39 is 0 Å². The van der Waals surface area contributed by atoms with E-state index in [1.54, 1.807) is 6.33 Å². The number of aromatic nitrogens is 4. The fraction of sp³-hybridized carbons (Fsp3) is 0.579. The maximum Gasteiger partial charge on any atom is 0.227 e. The zero-order valence-corrected chi connectivity index (χ0v) is 15.8. The predicted molar refractivity (Wildman–Crippen MR) is 97.0 cm³/mol. The molecule has 0 unspecified atom stereocenters. The molecule has 1 atom stereocenters. The summed E-state index contributed by atoms with van der Waals surface area (Å²) in [6.07, 6.45) is 5.60. The number of nitrogens with zero attached hydrogens (tertiary/aromatic N) is 5. The average Bonchev–Trinajstić information content (AvgIpc) is 2.99. The summed E-state index contributed by atoms with van der Waals surface area (Å²) in [4.78, 5) is 28.3. The lowest BCUT2D eigenvalue weighted by Crippen LogP contribution is -2.44. The number of carbonyl (C=O) groups is 1. The molecule has 6 nitrogen and oxygen atoms in total. The highest BCUT2D eigenvalue weighted by Gasteiger charge is 2.32. The van der Waals surface area contributed by atoms with E-state index in [0.29, 0.717) is 6.54 Å². The second kappa shape index (κ2) is 6.58. The maximum absolute atomic E-state index is 12.6. The molecule has 2 aromatic rings. The zero-order valence-electron chi connectivity index (χ0n) is 15.8. The van der Waals surface area contributed by atoms with Gasteiger partial charge in [-0.15, -0.1) is 0 Å². The van der Waals surface area contributed by atoms with Crippen LogP contribution in [0.25, 0.3) is 11.4 Å². The van der Waals surface area contributed by atoms with Crippen molar-refractivity contribution in [1.82, 2.24) is 24.4 Å². The minimum Gasteiger partial charge on any atom is -0.342 e. The highest BCUT2D eigenvalue weighted by molar-refractivity contribution is 5.81. The van der Waals surface area contributed by atoms with Crippen LogP contribution in [-0.4, -0.2) is 43.4 Å². The number of imidazole rings is 1. The predicted octanol–water partition coefficient (Wildman–Crippen LogP) is 2.94. The summed E-state index contributed by atoms with van der Waals surface area (Å²) in [6.45, 7) is 9.44. The van der Waals surface area contributed by atoms with Crippen molar-refractivity contribution in [3.63, 3.8) is 0 Å². The van der Waals surface area contributed by atoms with Crippen LogP contribution in [0.3, 0.4) is 0 Å². The van der Waals surface area contributed by atoms with Crippen LogP contribution in [-0.2, 0) is 11.8 Å². The molecule has 1 aliphatic heterocycles. The van der Waals surface area contributed by atoms with Gasteiger partial charge < -0.3 is 9.47 Å². The first-order chi connectivity index (χ1) is 11.8. The number of likely N-dealkylation sites (tertiary alicyclic amines) is 1. The van der Waals surface area contributed by atoms with E-state index in [4.69, 9.17) is 4.98 Å². The molecule has 0 N–H and O–H groups in total. The molecule has 3 rings (SSSR count). The van der Waals surface area contributed by atoms with Crippen LogP contribution in [0.4, 0.5) is 0 Å². The van der Waals surface area contributed by atoms with E-state index >= 15 is 0 Å². The summed E-state index contributed by atoms with van der Waals surface area (Å²) in [6, 6.07) is 1.99. The van der Waals surface area contributed by atoms with Gasteiger partial charge in [0.15, 0.2) is 0 Å². The number of amides is 1. The number of aryl methyl sites for hydroxylation is 2. The molecule has 0 bridgehead atoms. The Hall–Kier alpha value is -2.24. The molecule has 2 aromatic heterocycles. The largest absolute Gasteiger partial charge is 0.342 e. The Balaban J connectivity index is 1.88. The van der Waals surface area contributed by atoms with E-state index in [2.05, 4.69) is 9.97 Å². The second-order valence-electron chi connectivity index (χ2n) is 7.98. The molecular formula is C19H27N5O. The molecule has 1 fully saturated rings. The van der Waals surface area contributed by atoms with E-state index in [1.807, 2.05) is 56.5 Å². The summed E-state index contributed by atoms with van der Waals surface area (Å²) in [7, 11) is 1.96. The van der Waals surface area contributed by atoms with Crippen molar-refractivity contribution in [3.05, 3.63) is 30.1 Å². The number of rotatable bonds is 2. The first-order valence-electron chi connectivity index (χ1n) is 8.87. The lowest BCUT2D eigenvalue weighted by Gasteiger charge is -2.36. The fourth-order valence-corrected chi connectivity index (χ4v) is 3.36. The molecule has 3 heterocycles. The SMILES string of the molecule is Cc1cc(-c2cncn2C)nc([C@@H]2CCCN(C(=O)C(C)(C)C)C2)n1. The molecule has 6 heteroatoms. The number of carbonyl (C=O) groups excluding carboxylic acids is 1. The molecule has 1 amide bonds. The van der Waals surface area contributed by atoms with Crippen LogP contribution in [0.5, 0.6) is 0 Å². The molecule has 1 saturated heterocycles. The number of hydrogen-bond donors (Lipinski definition) is 0. The second-order valence-corrected chi connectivity index (χ2v) is 7.98. The standard InChI is InChI=1S/C19H27N5O/c1-13-9-15(16-10-20-12-23(16)5)22-17(21-13)14-7-6-8-24(11-14)18(25)19(2,3)4/h9-10,12,14H,6-8,11H2,1-5H3/t14-/m1/s1. The number of piperidine rings is 1. The Morgan fingerprint density at radius 1 is 1.28 bits per heavy atom. The Morgan fingerprint density at radius 2 is 2.04 bits per heavy atom. The zero-order chi connectivity index (χ0) is 18.2. The third-order valence-corrected chi connectivity index (χ3v) is 4.67. The van der Waals surface area contributed by atoms with Gasteiger partial charge in [-0.25, -0.2) is 15.0 Å². The van der Waals surface area contributed by atoms with Crippen LogP contribution < -0.4 is 0 Å². The van der Waals surface area contributed by atoms with Gasteiger partial charge in [0.1, 0.15) is 5.82 Å². The highest BCUT2D eigenvalue weighted by atomic mass is 16.2. The van der Waals surface area contributed by atoms with Crippen molar-refractivity contribution in [2.45, 2.75) is 46.5 Å². The van der Waals surface area contributed by atoms with Crippen molar-refractivity contribution < 1.29 is 4.79 Å². The van der Waals surface area contributed by atoms with Gasteiger partial charge in [-0.3, -0.25) is 4.79 Å². The topological polar surface area (TPSA) is 63.9 Å². The summed E-state index contributed by atoms with van der Waals surface area (Å²) < 4.78 is 1.96. The maximum atomic E-state index is 12.6. The molecule has 0 radical (unpaired) electrons. The minimum atomic E-state index is -0.352. The first kappa shape index (κ1) is 17.6. The van der Waals surface area contributed by atoms with Gasteiger partial charge in [0, 0.05) is 37.2 Å². The lowest BCUT2D eigenvalue weighted by atomic mass is 9.91. The van der Waals surface area contributed by atoms with Gasteiger partial charge >= 0.3 is 0 Å². The molecule has 1 aliphatic rings. The van der Waals surface area contributed by atoms with E-state index in [9.17, 15) is 4.79 Å². The summed E-state index contributed by atoms with van der Waals surface area (Å²) >= 11 is 0. The molecule has 0 aliphatic carbocycles. The monoisotopic (exact) mass is 341 g/mol. The first-order valence-corrected chi connectivity index (χ1v) is 8.87. The van der Waals surface area contributed by atoms with E-state index in [0.717, 1.165) is 42.3 Å². The summed E-state index contributed by atoms with van der Waals surface area (Å²) in [5, 5.41) is 0. The van der Waals surface area contributed by atoms with Crippen molar-refractivity contribution in [3.8, 4) is 11.4 Å². The molecular weight excluding hydrogens is 314 g/mol. The summed E-state index contributed by atoms with van der Waals surface area (Å²) in [5.74, 6) is 1.23. The van der Waals surface area contributed by atoms with Crippen molar-refractivity contribution in [2.75, 3.05) is 13.1 Å². The molecule has 0 aromatic carbocycles. The quantitative estimate of drug-likeness (QED) is 0.842. The Labute approximate surface area is 149 Å². The Morgan fingerprint density at radius 3 is 2.68 bits per heavy atom. The minimum absolute atomic E-state index is 0.187. The average molecular weight is 341 g/mol. The van der Waals surface area contributed by atoms with E-state index in [-0.39, 0.29) is 17.2 Å². The third-order valence-electron chi connectivity index (χ3n) is 4.67. The van der Waals surface area contributed by atoms with Crippen LogP contribution in [0.15, 0.2) is 18.6 Å². The number of hydrogen-bond acceptors (Lipinski definition) is 4. The van der Waals surface area contributed by atoms with Crippen LogP contribution in [0.1, 0.15) is 51.0 Å². The normalized spacial score (nSPS) is 18.4. The Bertz CT molecular complexity index is 774. The van der Waals surface area contributed by atoms with Gasteiger partial charge in [0.2, 0.25) is 5.91 Å². The molecule has 0 spiro atoms. The van der Waals surface area contributed by atoms with Crippen LogP contribution in [0.2, 0.25) is 0 Å². The molecule has 134 valence electrons. The van der Waals surface area contributed by atoms with Gasteiger partial charge in [-0.05, 0) is 25.8 Å². The smallest absolute Gasteiger partial charge is 0.227 e. The van der Waals surface area contributed by atoms with Crippen LogP contribution >= 0.6 is 0 Å². The molecule has 25 heavy (non-hydrogen) atoms. The van der Waals surface area contributed by atoms with Gasteiger partial charge in [0.05, 0.1) is 23.9 Å². The third kappa shape index (κ3) is 3.72. The van der Waals surface area contributed by atoms with Crippen molar-refractivity contribution in [2.24, 2.45) is 12.5 Å². The highest BCUT2D eigenvalue weighted by Crippen LogP contribution is 2.29. The fourth-order valence-electron chi connectivity index (χ4n) is 3.36. The van der Waals surface area contributed by atoms with Crippen LogP contribution in [0, 0.1) is 12.3 Å². The van der Waals surface area contributed by atoms with Gasteiger partial charge in [-0.1, -0.05) is 20.8 Å². The van der Waals surface area contributed by atoms with Gasteiger partial charge in [-0.2, -0.15) is 0 Å². The van der Waals surface area contributed by atoms with Gasteiger partial charge in [0.25, 0.3) is 0 Å². The van der Waals surface area contributed by atoms with Crippen molar-refractivity contribution in [1.29, 1.82) is 0 Å². The summed E-state index contributed by atoms with van der Waals surface area (Å²) in [5.41, 5.74) is 2.46. The molecule has 0 saturated carbocycles. The van der Waals surface area contributed by atoms with E-state index in [1.165, 1.54) is 0 Å². The lowest BCUT2D eigenvalue weighted by molar-refractivity contribution is -0.140. The Kier molecular flexibility index (Phi) is 4.62. The van der Waals surface area contributed by atoms with Crippen molar-refractivity contribution >= 4 is 5.91 Å².